The molecule has 2 saturated heterocycles. The van der Waals surface area contributed by atoms with Crippen molar-refractivity contribution >= 4 is 68.3 Å². The highest BCUT2D eigenvalue weighted by atomic mass is 79.9. The number of amides is 4. The van der Waals surface area contributed by atoms with Gasteiger partial charge in [0.1, 0.15) is 5.82 Å². The number of ketones is 1. The Balaban J connectivity index is 1.17. The van der Waals surface area contributed by atoms with Crippen molar-refractivity contribution in [2.75, 3.05) is 17.4 Å². The summed E-state index contributed by atoms with van der Waals surface area (Å²) in [5.74, 6) is -7.08. The van der Waals surface area contributed by atoms with E-state index in [4.69, 9.17) is 16.3 Å². The van der Waals surface area contributed by atoms with E-state index in [1.807, 2.05) is 12.1 Å². The summed E-state index contributed by atoms with van der Waals surface area (Å²) in [5.41, 5.74) is 4.51. The van der Waals surface area contributed by atoms with E-state index >= 15 is 4.79 Å². The molecule has 0 radical (unpaired) electrons. The number of nitrogens with zero attached hydrogens (tertiary/aromatic N) is 2. The minimum atomic E-state index is -1.63. The molecule has 0 bridgehead atoms. The first-order chi connectivity index (χ1) is 28.4. The van der Waals surface area contributed by atoms with Gasteiger partial charge in [0, 0.05) is 22.1 Å². The molecule has 2 aliphatic heterocycles. The van der Waals surface area contributed by atoms with Crippen molar-refractivity contribution in [1.29, 1.82) is 0 Å². The number of imide groups is 2. The molecule has 0 aromatic heterocycles. The normalized spacial score (nSPS) is 24.7. The van der Waals surface area contributed by atoms with Crippen LogP contribution in [-0.2, 0) is 24.6 Å². The Morgan fingerprint density at radius 2 is 1.54 bits per heavy atom. The fraction of sp³-hybridized carbons (Fsp3) is 0.196. The summed E-state index contributed by atoms with van der Waals surface area (Å²) in [5, 5.41) is 12.3. The Labute approximate surface area is 351 Å². The number of carbonyl (C=O) groups is 5. The van der Waals surface area contributed by atoms with E-state index in [1.54, 1.807) is 84.9 Å². The first-order valence-electron chi connectivity index (χ1n) is 18.9. The average Bonchev–Trinajstić information content (AvgIpc) is 3.63. The predicted molar refractivity (Wildman–Crippen MR) is 220 cm³/mol. The minimum Gasteiger partial charge on any atom is -0.503 e. The third-order valence-corrected chi connectivity index (χ3v) is 13.1. The van der Waals surface area contributed by atoms with Gasteiger partial charge in [-0.05, 0) is 119 Å². The second-order valence-electron chi connectivity index (χ2n) is 15.2. The maximum atomic E-state index is 15.4. The van der Waals surface area contributed by atoms with Crippen molar-refractivity contribution in [1.82, 2.24) is 5.01 Å². The number of hydrogen-bond acceptors (Lipinski definition) is 8. The number of fused-ring (bicyclic) bond motifs is 4. The van der Waals surface area contributed by atoms with E-state index in [1.165, 1.54) is 36.3 Å². The highest BCUT2D eigenvalue weighted by molar-refractivity contribution is 9.10. The largest absolute Gasteiger partial charge is 0.503 e. The lowest BCUT2D eigenvalue weighted by molar-refractivity contribution is -0.138. The number of nitrogens with one attached hydrogen (secondary N) is 1. The molecule has 10 nitrogen and oxygen atoms in total. The van der Waals surface area contributed by atoms with Crippen LogP contribution < -0.4 is 15.1 Å². The fourth-order valence-corrected chi connectivity index (χ4v) is 10.3. The van der Waals surface area contributed by atoms with E-state index in [0.717, 1.165) is 5.01 Å². The molecule has 296 valence electrons. The molecular formula is C46H34BrClFN3O7. The SMILES string of the molecule is COc1cc(C2C3=CCC4C(=O)N(c5ccc(C(=O)c6ccccc6)cc5)C(=O)C4C3CC3C(=O)N(Nc4ccc(F)cc4)C(=O)C32c2ccc(Cl)cc2)cc(Br)c1O. The number of hydrazine groups is 1. The van der Waals surface area contributed by atoms with Crippen molar-refractivity contribution < 1.29 is 38.2 Å². The molecule has 5 aromatic rings. The van der Waals surface area contributed by atoms with Gasteiger partial charge in [0.2, 0.25) is 11.8 Å². The van der Waals surface area contributed by atoms with Crippen LogP contribution in [0.15, 0.2) is 131 Å². The molecule has 2 heterocycles. The van der Waals surface area contributed by atoms with Crippen molar-refractivity contribution in [3.8, 4) is 11.5 Å². The van der Waals surface area contributed by atoms with Gasteiger partial charge in [0.15, 0.2) is 17.3 Å². The molecule has 5 aromatic carbocycles. The molecule has 4 amide bonds. The molecule has 1 saturated carbocycles. The summed E-state index contributed by atoms with van der Waals surface area (Å²) in [6, 6.07) is 30.4. The summed E-state index contributed by atoms with van der Waals surface area (Å²) in [4.78, 5) is 73.7. The van der Waals surface area contributed by atoms with Crippen LogP contribution in [0.5, 0.6) is 11.5 Å². The maximum Gasteiger partial charge on any atom is 0.260 e. The van der Waals surface area contributed by atoms with Gasteiger partial charge < -0.3 is 9.84 Å². The average molecular weight is 875 g/mol. The lowest BCUT2D eigenvalue weighted by Gasteiger charge is -2.50. The van der Waals surface area contributed by atoms with Gasteiger partial charge in [-0.1, -0.05) is 65.7 Å². The van der Waals surface area contributed by atoms with Gasteiger partial charge in [0.05, 0.1) is 46.1 Å². The Bertz CT molecular complexity index is 2600. The third-order valence-electron chi connectivity index (χ3n) is 12.3. The van der Waals surface area contributed by atoms with Crippen LogP contribution in [-0.4, -0.2) is 46.6 Å². The predicted octanol–water partition coefficient (Wildman–Crippen LogP) is 8.38. The molecule has 2 aliphatic carbocycles. The van der Waals surface area contributed by atoms with Gasteiger partial charge in [-0.15, -0.1) is 0 Å². The number of aromatic hydroxyl groups is 1. The van der Waals surface area contributed by atoms with Crippen LogP contribution in [0.1, 0.15) is 45.8 Å². The first kappa shape index (κ1) is 38.4. The van der Waals surface area contributed by atoms with Crippen molar-refractivity contribution in [2.45, 2.75) is 24.2 Å². The molecule has 4 aliphatic rings. The Hall–Kier alpha value is -6.11. The Morgan fingerprint density at radius 1 is 0.864 bits per heavy atom. The number of hydrogen-bond donors (Lipinski definition) is 2. The van der Waals surface area contributed by atoms with Gasteiger partial charge >= 0.3 is 0 Å². The van der Waals surface area contributed by atoms with Gasteiger partial charge in [-0.3, -0.25) is 34.3 Å². The number of ether oxygens (including phenoxy) is 1. The molecule has 13 heteroatoms. The number of halogens is 3. The number of benzene rings is 5. The Morgan fingerprint density at radius 3 is 2.22 bits per heavy atom. The van der Waals surface area contributed by atoms with E-state index in [-0.39, 0.29) is 34.6 Å². The molecule has 59 heavy (non-hydrogen) atoms. The summed E-state index contributed by atoms with van der Waals surface area (Å²) in [7, 11) is 1.40. The second-order valence-corrected chi connectivity index (χ2v) is 16.5. The number of rotatable bonds is 8. The van der Waals surface area contributed by atoms with Gasteiger partial charge in [0.25, 0.3) is 11.8 Å². The molecule has 6 atom stereocenters. The van der Waals surface area contributed by atoms with Crippen LogP contribution in [0.2, 0.25) is 5.02 Å². The number of methoxy groups -OCH3 is 1. The quantitative estimate of drug-likeness (QED) is 0.0903. The smallest absolute Gasteiger partial charge is 0.260 e. The van der Waals surface area contributed by atoms with Crippen LogP contribution in [0.4, 0.5) is 15.8 Å². The molecular weight excluding hydrogens is 841 g/mol. The summed E-state index contributed by atoms with van der Waals surface area (Å²) in [6.45, 7) is 0. The second kappa shape index (κ2) is 14.6. The van der Waals surface area contributed by atoms with Crippen LogP contribution >= 0.6 is 27.5 Å². The van der Waals surface area contributed by atoms with Gasteiger partial charge in [-0.25, -0.2) is 4.39 Å². The molecule has 2 N–H and O–H groups in total. The highest BCUT2D eigenvalue weighted by Crippen LogP contribution is 2.65. The number of phenolic OH excluding ortho intramolecular Hbond substituents is 1. The third kappa shape index (κ3) is 5.99. The molecule has 6 unspecified atom stereocenters. The van der Waals surface area contributed by atoms with E-state index in [2.05, 4.69) is 21.4 Å². The lowest BCUT2D eigenvalue weighted by atomic mass is 9.49. The molecule has 0 spiro atoms. The Kier molecular flexibility index (Phi) is 9.51. The van der Waals surface area contributed by atoms with Crippen molar-refractivity contribution in [2.24, 2.45) is 23.7 Å². The number of phenols is 1. The van der Waals surface area contributed by atoms with E-state index in [9.17, 15) is 28.7 Å². The zero-order valence-corrected chi connectivity index (χ0v) is 33.6. The van der Waals surface area contributed by atoms with Crippen LogP contribution in [0, 0.1) is 29.5 Å². The monoisotopic (exact) mass is 873 g/mol. The number of carbonyl (C=O) groups excluding carboxylic acids is 5. The standard InChI is InChI=1S/C46H34BrClFN3O7/c1-59-37-22-26(21-36(47)41(37)54)39-32-19-20-33-38(44(57)51(42(33)55)31-17-7-25(8-18-31)40(53)24-5-3-2-4-6-24)34(32)23-35-43(56)52(50-30-15-13-29(49)14-16-30)45(58)46(35,39)27-9-11-28(48)12-10-27/h2-19,21-22,33-35,38-39,50,54H,20,23H2,1H3. The first-order valence-corrected chi connectivity index (χ1v) is 20.1. The minimum absolute atomic E-state index is 0.0338. The van der Waals surface area contributed by atoms with Crippen molar-refractivity contribution in [3.05, 3.63) is 164 Å². The zero-order chi connectivity index (χ0) is 41.3. The van der Waals surface area contributed by atoms with E-state index < -0.39 is 64.5 Å². The summed E-state index contributed by atoms with van der Waals surface area (Å²) < 4.78 is 19.8. The lowest BCUT2D eigenvalue weighted by Crippen LogP contribution is -2.53. The topological polar surface area (TPSA) is 133 Å². The van der Waals surface area contributed by atoms with E-state index in [0.29, 0.717) is 44.2 Å². The summed E-state index contributed by atoms with van der Waals surface area (Å²) >= 11 is 9.86. The van der Waals surface area contributed by atoms with Crippen LogP contribution in [0.3, 0.4) is 0 Å². The summed E-state index contributed by atoms with van der Waals surface area (Å²) in [6.07, 6.45) is 2.13. The zero-order valence-electron chi connectivity index (χ0n) is 31.3. The van der Waals surface area contributed by atoms with Gasteiger partial charge in [-0.2, -0.15) is 5.01 Å². The molecule has 3 fully saturated rings. The maximum absolute atomic E-state index is 15.4. The fourth-order valence-electron chi connectivity index (χ4n) is 9.72. The van der Waals surface area contributed by atoms with Crippen molar-refractivity contribution in [3.63, 3.8) is 0 Å². The number of allylic oxidation sites excluding steroid dienone is 2. The molecule has 9 rings (SSSR count). The number of anilines is 2. The highest BCUT2D eigenvalue weighted by Gasteiger charge is 2.70. The van der Waals surface area contributed by atoms with Crippen LogP contribution in [0.25, 0.3) is 0 Å².